The van der Waals surface area contributed by atoms with E-state index in [-0.39, 0.29) is 53.1 Å². The second-order valence-corrected chi connectivity index (χ2v) is 9.42. The fourth-order valence-electron chi connectivity index (χ4n) is 3.04. The van der Waals surface area contributed by atoms with Crippen LogP contribution < -0.4 is 5.32 Å². The molecule has 162 valence electrons. The molecule has 1 N–H and O–H groups in total. The first-order valence-corrected chi connectivity index (χ1v) is 11.5. The van der Waals surface area contributed by atoms with Crippen molar-refractivity contribution in [3.05, 3.63) is 35.5 Å². The Morgan fingerprint density at radius 3 is 2.47 bits per heavy atom. The molecule has 0 radical (unpaired) electrons. The van der Waals surface area contributed by atoms with Crippen molar-refractivity contribution in [1.82, 2.24) is 13.9 Å². The number of hydrogen-bond acceptors (Lipinski definition) is 9. The predicted molar refractivity (Wildman–Crippen MR) is 109 cm³/mol. The molecule has 1 aliphatic heterocycles. The van der Waals surface area contributed by atoms with Crippen LogP contribution in [0.3, 0.4) is 0 Å². The Bertz CT molecular complexity index is 1010. The zero-order valence-corrected chi connectivity index (χ0v) is 18.3. The normalized spacial score (nSPS) is 20.0. The number of ether oxygens (including phenoxy) is 2. The summed E-state index contributed by atoms with van der Waals surface area (Å²) in [5.74, 6) is -1.21. The molecule has 3 rings (SSSR count). The molecule has 2 aromatic rings. The number of esters is 1. The molecular weight excluding hydrogens is 432 g/mol. The van der Waals surface area contributed by atoms with Gasteiger partial charge in [-0.15, -0.1) is 5.10 Å². The highest BCUT2D eigenvalue weighted by Gasteiger charge is 2.32. The number of hydrogen-bond donors (Lipinski definition) is 1. The van der Waals surface area contributed by atoms with Gasteiger partial charge in [0.2, 0.25) is 15.7 Å². The zero-order chi connectivity index (χ0) is 21.9. The molecule has 2 unspecified atom stereocenters. The molecular formula is C18H22N4O6S2. The fourth-order valence-corrected chi connectivity index (χ4v) is 5.18. The number of morpholine rings is 1. The summed E-state index contributed by atoms with van der Waals surface area (Å²) in [5, 5.41) is 6.39. The number of carbonyl (C=O) groups is 2. The summed E-state index contributed by atoms with van der Waals surface area (Å²) in [6.07, 6.45) is -0.398. The summed E-state index contributed by atoms with van der Waals surface area (Å²) in [4.78, 5) is 24.4. The van der Waals surface area contributed by atoms with E-state index in [0.29, 0.717) is 0 Å². The first-order chi connectivity index (χ1) is 14.2. The smallest absolute Gasteiger partial charge is 0.362 e. The Morgan fingerprint density at radius 1 is 1.23 bits per heavy atom. The minimum atomic E-state index is -3.70. The Kier molecular flexibility index (Phi) is 6.81. The maximum atomic E-state index is 12.9. The number of benzene rings is 1. The van der Waals surface area contributed by atoms with Crippen molar-refractivity contribution in [3.8, 4) is 0 Å². The zero-order valence-electron chi connectivity index (χ0n) is 16.7. The third kappa shape index (κ3) is 4.83. The van der Waals surface area contributed by atoms with Crippen LogP contribution in [-0.2, 0) is 19.5 Å². The van der Waals surface area contributed by atoms with Crippen molar-refractivity contribution in [1.29, 1.82) is 0 Å². The van der Waals surface area contributed by atoms with E-state index in [1.807, 2.05) is 13.8 Å². The van der Waals surface area contributed by atoms with E-state index in [2.05, 4.69) is 14.9 Å². The van der Waals surface area contributed by atoms with Crippen molar-refractivity contribution >= 4 is 38.4 Å². The van der Waals surface area contributed by atoms with Crippen LogP contribution in [0.5, 0.6) is 0 Å². The van der Waals surface area contributed by atoms with Gasteiger partial charge in [-0.1, -0.05) is 4.49 Å². The molecule has 2 heterocycles. The highest BCUT2D eigenvalue weighted by atomic mass is 32.2. The van der Waals surface area contributed by atoms with Crippen molar-refractivity contribution in [2.45, 2.75) is 37.9 Å². The lowest BCUT2D eigenvalue weighted by molar-refractivity contribution is -0.0440. The Hall–Kier alpha value is -2.41. The monoisotopic (exact) mass is 454 g/mol. The minimum Gasteiger partial charge on any atom is -0.461 e. The van der Waals surface area contributed by atoms with Gasteiger partial charge < -0.3 is 14.8 Å². The third-order valence-corrected chi connectivity index (χ3v) is 6.81. The standard InChI is InChI=1S/C18H22N4O6S2/c1-4-27-18(24)15-17(29-21-20-15)19-16(23)13-5-7-14(8-6-13)30(25,26)22-9-11(2)28-12(3)10-22/h5-8,11-12H,4,9-10H2,1-3H3,(H,19,23). The van der Waals surface area contributed by atoms with E-state index in [1.165, 1.54) is 28.6 Å². The van der Waals surface area contributed by atoms with Crippen molar-refractivity contribution < 1.29 is 27.5 Å². The molecule has 0 aliphatic carbocycles. The van der Waals surface area contributed by atoms with Crippen LogP contribution in [-0.4, -0.2) is 66.1 Å². The minimum absolute atomic E-state index is 0.0787. The summed E-state index contributed by atoms with van der Waals surface area (Å²) in [6.45, 7) is 6.01. The van der Waals surface area contributed by atoms with E-state index in [1.54, 1.807) is 6.92 Å². The number of nitrogens with zero attached hydrogens (tertiary/aromatic N) is 3. The number of rotatable bonds is 6. The SMILES string of the molecule is CCOC(=O)c1nnsc1NC(=O)c1ccc(S(=O)(=O)N2CC(C)OC(C)C2)cc1. The average molecular weight is 455 g/mol. The molecule has 0 spiro atoms. The van der Waals surface area contributed by atoms with E-state index >= 15 is 0 Å². The lowest BCUT2D eigenvalue weighted by atomic mass is 10.2. The van der Waals surface area contributed by atoms with E-state index in [4.69, 9.17) is 9.47 Å². The molecule has 2 atom stereocenters. The van der Waals surface area contributed by atoms with Crippen LogP contribution in [0.4, 0.5) is 5.00 Å². The number of aromatic nitrogens is 2. The van der Waals surface area contributed by atoms with Gasteiger partial charge in [0.1, 0.15) is 0 Å². The van der Waals surface area contributed by atoms with Crippen LogP contribution >= 0.6 is 11.5 Å². The van der Waals surface area contributed by atoms with Gasteiger partial charge in [-0.2, -0.15) is 4.31 Å². The number of nitrogens with one attached hydrogen (secondary N) is 1. The first-order valence-electron chi connectivity index (χ1n) is 9.28. The van der Waals surface area contributed by atoms with Gasteiger partial charge in [-0.3, -0.25) is 4.79 Å². The van der Waals surface area contributed by atoms with E-state index in [0.717, 1.165) is 11.5 Å². The molecule has 1 aromatic heterocycles. The highest BCUT2D eigenvalue weighted by molar-refractivity contribution is 7.89. The Balaban J connectivity index is 1.74. The summed E-state index contributed by atoms with van der Waals surface area (Å²) >= 11 is 0.845. The molecule has 1 amide bonds. The summed E-state index contributed by atoms with van der Waals surface area (Å²) < 4.78 is 41.3. The predicted octanol–water partition coefficient (Wildman–Crippen LogP) is 1.76. The lowest BCUT2D eigenvalue weighted by Gasteiger charge is -2.34. The second-order valence-electron chi connectivity index (χ2n) is 6.73. The number of amides is 1. The van der Waals surface area contributed by atoms with Gasteiger partial charge in [-0.05, 0) is 45.0 Å². The topological polar surface area (TPSA) is 128 Å². The molecule has 1 saturated heterocycles. The molecule has 1 aliphatic rings. The Morgan fingerprint density at radius 2 is 1.87 bits per heavy atom. The van der Waals surface area contributed by atoms with Gasteiger partial charge in [0.05, 0.1) is 23.7 Å². The fraction of sp³-hybridized carbons (Fsp3) is 0.444. The van der Waals surface area contributed by atoms with E-state index in [9.17, 15) is 18.0 Å². The van der Waals surface area contributed by atoms with Crippen molar-refractivity contribution in [2.24, 2.45) is 0 Å². The number of anilines is 1. The first kappa shape index (κ1) is 22.3. The number of carbonyl (C=O) groups excluding carboxylic acids is 2. The van der Waals surface area contributed by atoms with Gasteiger partial charge in [0.15, 0.2) is 5.00 Å². The van der Waals surface area contributed by atoms with Crippen LogP contribution in [0.15, 0.2) is 29.2 Å². The maximum Gasteiger partial charge on any atom is 0.362 e. The summed E-state index contributed by atoms with van der Waals surface area (Å²) in [5.41, 5.74) is 0.144. The largest absolute Gasteiger partial charge is 0.461 e. The molecule has 1 aromatic carbocycles. The van der Waals surface area contributed by atoms with Crippen LogP contribution in [0.2, 0.25) is 0 Å². The summed E-state index contributed by atoms with van der Waals surface area (Å²) in [7, 11) is -3.70. The molecule has 0 saturated carbocycles. The maximum absolute atomic E-state index is 12.9. The summed E-state index contributed by atoms with van der Waals surface area (Å²) in [6, 6.07) is 5.58. The van der Waals surface area contributed by atoms with E-state index < -0.39 is 21.9 Å². The van der Waals surface area contributed by atoms with Crippen molar-refractivity contribution in [3.63, 3.8) is 0 Å². The van der Waals surface area contributed by atoms with Gasteiger partial charge in [0.25, 0.3) is 5.91 Å². The van der Waals surface area contributed by atoms with Gasteiger partial charge in [-0.25, -0.2) is 13.2 Å². The van der Waals surface area contributed by atoms with Crippen LogP contribution in [0.1, 0.15) is 41.6 Å². The number of sulfonamides is 1. The average Bonchev–Trinajstić information content (AvgIpc) is 3.15. The molecule has 30 heavy (non-hydrogen) atoms. The second kappa shape index (κ2) is 9.16. The van der Waals surface area contributed by atoms with Gasteiger partial charge >= 0.3 is 5.97 Å². The third-order valence-electron chi connectivity index (χ3n) is 4.32. The van der Waals surface area contributed by atoms with Crippen LogP contribution in [0.25, 0.3) is 0 Å². The molecule has 10 nitrogen and oxygen atoms in total. The lowest BCUT2D eigenvalue weighted by Crippen LogP contribution is -2.48. The quantitative estimate of drug-likeness (QED) is 0.654. The van der Waals surface area contributed by atoms with Crippen LogP contribution in [0, 0.1) is 0 Å². The Labute approximate surface area is 178 Å². The van der Waals surface area contributed by atoms with Gasteiger partial charge in [0, 0.05) is 30.2 Å². The molecule has 12 heteroatoms. The molecule has 1 fully saturated rings. The molecule has 0 bridgehead atoms. The highest BCUT2D eigenvalue weighted by Crippen LogP contribution is 2.23. The van der Waals surface area contributed by atoms with Crippen molar-refractivity contribution in [2.75, 3.05) is 25.0 Å².